The van der Waals surface area contributed by atoms with Crippen LogP contribution in [0.5, 0.6) is 0 Å². The number of carbonyl (C=O) groups excluding carboxylic acids is 1. The fraction of sp³-hybridized carbons (Fsp3) is 0. The first-order chi connectivity index (χ1) is 19.8. The summed E-state index contributed by atoms with van der Waals surface area (Å²) in [5.74, 6) is 0.00395. The summed E-state index contributed by atoms with van der Waals surface area (Å²) >= 11 is 0. The van der Waals surface area contributed by atoms with E-state index in [0.29, 0.717) is 11.1 Å². The first kappa shape index (κ1) is 22.6. The second-order valence-electron chi connectivity index (χ2n) is 10.2. The Hall–Kier alpha value is -5.41. The van der Waals surface area contributed by atoms with Crippen LogP contribution in [0.15, 0.2) is 133 Å². The van der Waals surface area contributed by atoms with E-state index in [1.807, 2.05) is 72.8 Å². The van der Waals surface area contributed by atoms with E-state index in [9.17, 15) is 0 Å². The molecule has 8 rings (SSSR count). The van der Waals surface area contributed by atoms with Crippen LogP contribution in [-0.4, -0.2) is 5.78 Å². The number of benzene rings is 6. The van der Waals surface area contributed by atoms with E-state index in [1.54, 1.807) is 0 Å². The molecular weight excluding hydrogens is 488 g/mol. The van der Waals surface area contributed by atoms with Crippen LogP contribution in [-0.2, 0) is 4.79 Å². The van der Waals surface area contributed by atoms with Crippen LogP contribution in [0.3, 0.4) is 0 Å². The monoisotopic (exact) mass is 512 g/mol. The average molecular weight is 513 g/mol. The van der Waals surface area contributed by atoms with E-state index < -0.39 is 0 Å². The quantitative estimate of drug-likeness (QED) is 0.234. The van der Waals surface area contributed by atoms with Crippen LogP contribution in [0.4, 0.5) is 11.4 Å². The Morgan fingerprint density at radius 3 is 1.18 bits per heavy atom. The Labute approximate surface area is 232 Å². The lowest BCUT2D eigenvalue weighted by Gasteiger charge is -2.15. The standard InChI is InChI=1S/C37H24N2O/c40-37(33-27-19-7-11-23-13-9-21-29(31(23)27)35(33)38-25-15-3-1-4-16-25)34-28-20-8-12-24-14-10-22-30(32(24)28)36(34)39-26-17-5-2-6-18-26/h1-22,38-39H. The van der Waals surface area contributed by atoms with Crippen LogP contribution in [0.25, 0.3) is 44.1 Å². The summed E-state index contributed by atoms with van der Waals surface area (Å²) in [6.45, 7) is 0. The van der Waals surface area contributed by atoms with E-state index in [4.69, 9.17) is 0 Å². The minimum atomic E-state index is 0.00395. The molecule has 3 heteroatoms. The first-order valence-electron chi connectivity index (χ1n) is 13.5. The van der Waals surface area contributed by atoms with Gasteiger partial charge in [-0.3, -0.25) is 4.79 Å². The molecule has 0 unspecified atom stereocenters. The van der Waals surface area contributed by atoms with Crippen LogP contribution < -0.4 is 10.6 Å². The van der Waals surface area contributed by atoms with Crippen molar-refractivity contribution < 1.29 is 4.79 Å². The number of hydrogen-bond acceptors (Lipinski definition) is 3. The molecule has 0 atom stereocenters. The second kappa shape index (κ2) is 8.82. The van der Waals surface area contributed by atoms with Crippen molar-refractivity contribution >= 4 is 61.2 Å². The molecule has 0 saturated carbocycles. The van der Waals surface area contributed by atoms with Crippen molar-refractivity contribution in [1.82, 2.24) is 0 Å². The van der Waals surface area contributed by atoms with E-state index in [0.717, 1.165) is 66.6 Å². The van der Waals surface area contributed by atoms with Crippen molar-refractivity contribution in [1.29, 1.82) is 0 Å². The number of Topliss-reactive ketones (excluding diaryl/α,β-unsaturated/α-hetero) is 1. The Morgan fingerprint density at radius 1 is 0.400 bits per heavy atom. The summed E-state index contributed by atoms with van der Waals surface area (Å²) in [7, 11) is 0. The maximum absolute atomic E-state index is 15.1. The van der Waals surface area contributed by atoms with Gasteiger partial charge in [-0.05, 0) is 56.9 Å². The van der Waals surface area contributed by atoms with Gasteiger partial charge < -0.3 is 10.6 Å². The maximum Gasteiger partial charge on any atom is 0.198 e. The van der Waals surface area contributed by atoms with Gasteiger partial charge in [0.1, 0.15) is 0 Å². The average Bonchev–Trinajstić information content (AvgIpc) is 3.49. The van der Waals surface area contributed by atoms with Gasteiger partial charge in [0, 0.05) is 22.5 Å². The zero-order valence-electron chi connectivity index (χ0n) is 21.6. The normalized spacial score (nSPS) is 13.4. The summed E-state index contributed by atoms with van der Waals surface area (Å²) in [5.41, 5.74) is 9.00. The third kappa shape index (κ3) is 3.35. The van der Waals surface area contributed by atoms with Crippen LogP contribution in [0, 0.1) is 0 Å². The fourth-order valence-electron chi connectivity index (χ4n) is 6.24. The molecule has 2 N–H and O–H groups in total. The minimum absolute atomic E-state index is 0.00395. The van der Waals surface area contributed by atoms with Gasteiger partial charge >= 0.3 is 0 Å². The van der Waals surface area contributed by atoms with Gasteiger partial charge in [-0.25, -0.2) is 0 Å². The number of allylic oxidation sites excluding steroid dienone is 2. The molecule has 0 amide bonds. The molecule has 2 aliphatic rings. The van der Waals surface area contributed by atoms with Crippen molar-refractivity contribution in [3.05, 3.63) is 156 Å². The highest BCUT2D eigenvalue weighted by Crippen LogP contribution is 2.49. The predicted octanol–water partition coefficient (Wildman–Crippen LogP) is 8.85. The Balaban J connectivity index is 1.39. The Kier molecular flexibility index (Phi) is 4.98. The number of carbonyl (C=O) groups is 1. The summed E-state index contributed by atoms with van der Waals surface area (Å²) in [4.78, 5) is 15.1. The number of anilines is 2. The van der Waals surface area contributed by atoms with Crippen molar-refractivity contribution in [2.24, 2.45) is 0 Å². The zero-order valence-corrected chi connectivity index (χ0v) is 21.6. The van der Waals surface area contributed by atoms with Gasteiger partial charge in [-0.1, -0.05) is 109 Å². The number of ketones is 1. The van der Waals surface area contributed by atoms with Gasteiger partial charge in [0.2, 0.25) is 0 Å². The van der Waals surface area contributed by atoms with E-state index >= 15 is 4.79 Å². The van der Waals surface area contributed by atoms with Gasteiger partial charge in [0.25, 0.3) is 0 Å². The molecule has 0 fully saturated rings. The smallest absolute Gasteiger partial charge is 0.198 e. The summed E-state index contributed by atoms with van der Waals surface area (Å²) in [6, 6.07) is 45.2. The maximum atomic E-state index is 15.1. The van der Waals surface area contributed by atoms with Crippen molar-refractivity contribution in [2.75, 3.05) is 10.6 Å². The van der Waals surface area contributed by atoms with Crippen molar-refractivity contribution in [2.45, 2.75) is 0 Å². The highest BCUT2D eigenvalue weighted by Gasteiger charge is 2.35. The molecule has 40 heavy (non-hydrogen) atoms. The predicted molar refractivity (Wildman–Crippen MR) is 167 cm³/mol. The third-order valence-electron chi connectivity index (χ3n) is 7.93. The molecular formula is C37H24N2O. The molecule has 3 nitrogen and oxygen atoms in total. The lowest BCUT2D eigenvalue weighted by molar-refractivity contribution is -0.108. The molecule has 0 aromatic heterocycles. The number of rotatable bonds is 6. The molecule has 188 valence electrons. The largest absolute Gasteiger partial charge is 0.354 e. The topological polar surface area (TPSA) is 41.1 Å². The van der Waals surface area contributed by atoms with Gasteiger partial charge in [0.15, 0.2) is 5.78 Å². The Bertz CT molecular complexity index is 1890. The first-order valence-corrected chi connectivity index (χ1v) is 13.5. The summed E-state index contributed by atoms with van der Waals surface area (Å²) in [5, 5.41) is 11.7. The van der Waals surface area contributed by atoms with E-state index in [2.05, 4.69) is 71.3 Å². The highest BCUT2D eigenvalue weighted by atomic mass is 16.1. The molecule has 0 heterocycles. The molecule has 0 spiro atoms. The minimum Gasteiger partial charge on any atom is -0.354 e. The molecule has 0 radical (unpaired) electrons. The second-order valence-corrected chi connectivity index (χ2v) is 10.2. The summed E-state index contributed by atoms with van der Waals surface area (Å²) < 4.78 is 0. The van der Waals surface area contributed by atoms with Gasteiger partial charge in [-0.2, -0.15) is 0 Å². The van der Waals surface area contributed by atoms with Crippen molar-refractivity contribution in [3.8, 4) is 0 Å². The third-order valence-corrected chi connectivity index (χ3v) is 7.93. The van der Waals surface area contributed by atoms with Crippen molar-refractivity contribution in [3.63, 3.8) is 0 Å². The number of para-hydroxylation sites is 2. The van der Waals surface area contributed by atoms with E-state index in [1.165, 1.54) is 0 Å². The number of hydrogen-bond donors (Lipinski definition) is 2. The zero-order chi connectivity index (χ0) is 26.6. The summed E-state index contributed by atoms with van der Waals surface area (Å²) in [6.07, 6.45) is 0. The molecule has 6 aromatic carbocycles. The molecule has 0 saturated heterocycles. The van der Waals surface area contributed by atoms with E-state index in [-0.39, 0.29) is 5.78 Å². The molecule has 2 aliphatic carbocycles. The lowest BCUT2D eigenvalue weighted by atomic mass is 9.92. The SMILES string of the molecule is O=C(C1=C(Nc2ccccc2)c2cccc3cccc1c23)C1=C(Nc2ccccc2)c2cccc3cccc1c23. The molecule has 0 bridgehead atoms. The van der Waals surface area contributed by atoms with Gasteiger partial charge in [-0.15, -0.1) is 0 Å². The lowest BCUT2D eigenvalue weighted by Crippen LogP contribution is -2.10. The van der Waals surface area contributed by atoms with Crippen LogP contribution in [0.2, 0.25) is 0 Å². The molecule has 0 aliphatic heterocycles. The van der Waals surface area contributed by atoms with Crippen LogP contribution >= 0.6 is 0 Å². The van der Waals surface area contributed by atoms with Gasteiger partial charge in [0.05, 0.1) is 22.5 Å². The molecule has 6 aromatic rings. The number of nitrogens with one attached hydrogen (secondary N) is 2. The fourth-order valence-corrected chi connectivity index (χ4v) is 6.24. The highest BCUT2D eigenvalue weighted by molar-refractivity contribution is 6.54. The Morgan fingerprint density at radius 2 is 0.775 bits per heavy atom. The van der Waals surface area contributed by atoms with Crippen LogP contribution in [0.1, 0.15) is 22.3 Å².